The van der Waals surface area contributed by atoms with Gasteiger partial charge in [-0.05, 0) is 6.08 Å². The van der Waals surface area contributed by atoms with Gasteiger partial charge in [0.15, 0.2) is 29.2 Å². The molecule has 1 aliphatic heterocycles. The Bertz CT molecular complexity index is 923. The number of ether oxygens (including phenoxy) is 1. The quantitative estimate of drug-likeness (QED) is 0.554. The van der Waals surface area contributed by atoms with Gasteiger partial charge < -0.3 is 20.3 Å². The molecule has 0 unspecified atom stereocenters. The van der Waals surface area contributed by atoms with E-state index in [0.717, 1.165) is 10.9 Å². The number of anilines is 1. The Balaban J connectivity index is 1.99. The number of fused-ring (bicyclic) bond motifs is 1. The molecule has 3 heterocycles. The summed E-state index contributed by atoms with van der Waals surface area (Å²) in [6, 6.07) is 0. The number of hydrogen-bond donors (Lipinski definition) is 4. The maximum absolute atomic E-state index is 14.6. The van der Waals surface area contributed by atoms with Crippen LogP contribution in [0, 0.1) is 0 Å². The van der Waals surface area contributed by atoms with Gasteiger partial charge >= 0.3 is 7.60 Å². The zero-order valence-corrected chi connectivity index (χ0v) is 12.7. The van der Waals surface area contributed by atoms with Gasteiger partial charge in [0, 0.05) is 5.82 Å². The molecule has 1 aliphatic rings. The summed E-state index contributed by atoms with van der Waals surface area (Å²) in [6.07, 6.45) is -2.37. The normalized spacial score (nSPS) is 28.2. The van der Waals surface area contributed by atoms with Crippen LogP contribution in [0.1, 0.15) is 6.23 Å². The third-order valence-corrected chi connectivity index (χ3v) is 3.99. The van der Waals surface area contributed by atoms with Gasteiger partial charge in [0.05, 0.1) is 12.9 Å². The van der Waals surface area contributed by atoms with E-state index >= 15 is 0 Å². The Hall–Kier alpha value is -2.14. The molecular formula is C11H12F2N5O5P. The lowest BCUT2D eigenvalue weighted by Gasteiger charge is -2.19. The van der Waals surface area contributed by atoms with Crippen molar-refractivity contribution in [1.82, 2.24) is 19.5 Å². The summed E-state index contributed by atoms with van der Waals surface area (Å²) in [4.78, 5) is 39.0. The number of nitrogens with one attached hydrogen (secondary N) is 1. The summed E-state index contributed by atoms with van der Waals surface area (Å²) >= 11 is 0. The van der Waals surface area contributed by atoms with E-state index in [9.17, 15) is 18.1 Å². The highest BCUT2D eigenvalue weighted by Crippen LogP contribution is 2.43. The van der Waals surface area contributed by atoms with Crippen LogP contribution in [0.4, 0.5) is 14.7 Å². The van der Waals surface area contributed by atoms with Crippen molar-refractivity contribution >= 4 is 24.7 Å². The Morgan fingerprint density at radius 1 is 1.58 bits per heavy atom. The number of aromatic nitrogens is 4. The molecular weight excluding hydrogens is 351 g/mol. The summed E-state index contributed by atoms with van der Waals surface area (Å²) in [7, 11) is -4.66. The number of aromatic amines is 1. The standard InChI is InChI=1S/C11H12F2N5O5P/c12-6-9(23-3-11(6,13)1-2-24(20,21)22)18-4-15-5-7(18)16-10(14)17-8(5)19/h1-2,4,6,9H,3H2,(H2,20,21,22)(H3,14,16,17,19)/t6-,9-,11-/m0/s1. The first-order chi connectivity index (χ1) is 11.1. The number of imidazole rings is 1. The Labute approximate surface area is 132 Å². The minimum absolute atomic E-state index is 0.105. The molecule has 0 spiro atoms. The van der Waals surface area contributed by atoms with Crippen LogP contribution < -0.4 is 11.3 Å². The van der Waals surface area contributed by atoms with Crippen LogP contribution in [0.3, 0.4) is 0 Å². The average Bonchev–Trinajstić information content (AvgIpc) is 3.00. The second kappa shape index (κ2) is 5.45. The van der Waals surface area contributed by atoms with Crippen molar-refractivity contribution in [3.05, 3.63) is 28.6 Å². The fourth-order valence-electron chi connectivity index (χ4n) is 2.33. The fraction of sp³-hybridized carbons (Fsp3) is 0.364. The van der Waals surface area contributed by atoms with Gasteiger partial charge in [0.2, 0.25) is 5.95 Å². The van der Waals surface area contributed by atoms with Crippen molar-refractivity contribution in [3.63, 3.8) is 0 Å². The molecule has 10 nitrogen and oxygen atoms in total. The van der Waals surface area contributed by atoms with Crippen molar-refractivity contribution in [3.8, 4) is 0 Å². The van der Waals surface area contributed by atoms with E-state index in [1.807, 2.05) is 0 Å². The summed E-state index contributed by atoms with van der Waals surface area (Å²) in [6.45, 7) is -0.784. The zero-order chi connectivity index (χ0) is 17.7. The molecule has 0 saturated carbocycles. The Kier molecular flexibility index (Phi) is 3.79. The summed E-state index contributed by atoms with van der Waals surface area (Å²) < 4.78 is 45.9. The van der Waals surface area contributed by atoms with E-state index < -0.39 is 37.8 Å². The molecule has 13 heteroatoms. The first kappa shape index (κ1) is 16.7. The lowest BCUT2D eigenvalue weighted by molar-refractivity contribution is 0.0238. The number of alkyl halides is 2. The van der Waals surface area contributed by atoms with E-state index in [4.69, 9.17) is 20.3 Å². The molecule has 0 amide bonds. The van der Waals surface area contributed by atoms with E-state index in [0.29, 0.717) is 6.08 Å². The SMILES string of the molecule is Nc1nc2c(ncn2[C@H]2OC[C@@](F)(C=CP(=O)(O)O)[C@H]2F)c(=O)[nH]1. The molecule has 2 aromatic rings. The first-order valence-corrected chi connectivity index (χ1v) is 8.21. The lowest BCUT2D eigenvalue weighted by Crippen LogP contribution is -2.33. The van der Waals surface area contributed by atoms with Crippen molar-refractivity contribution in [2.45, 2.75) is 18.1 Å². The maximum atomic E-state index is 14.6. The molecule has 5 N–H and O–H groups in total. The van der Waals surface area contributed by atoms with Crippen molar-refractivity contribution < 1.29 is 27.9 Å². The monoisotopic (exact) mass is 363 g/mol. The van der Waals surface area contributed by atoms with Gasteiger partial charge in [0.25, 0.3) is 5.56 Å². The number of hydrogen-bond acceptors (Lipinski definition) is 6. The third-order valence-electron chi connectivity index (χ3n) is 3.45. The van der Waals surface area contributed by atoms with E-state index in [1.54, 1.807) is 0 Å². The van der Waals surface area contributed by atoms with Gasteiger partial charge in [-0.1, -0.05) is 0 Å². The number of rotatable bonds is 3. The van der Waals surface area contributed by atoms with Crippen LogP contribution in [0.25, 0.3) is 11.2 Å². The van der Waals surface area contributed by atoms with Crippen LogP contribution in [0.15, 0.2) is 23.0 Å². The second-order valence-corrected chi connectivity index (χ2v) is 6.69. The highest BCUT2D eigenvalue weighted by Gasteiger charge is 2.51. The molecule has 0 aromatic carbocycles. The van der Waals surface area contributed by atoms with Gasteiger partial charge in [-0.15, -0.1) is 0 Å². The molecule has 3 atom stereocenters. The highest BCUT2D eigenvalue weighted by molar-refractivity contribution is 7.55. The largest absolute Gasteiger partial charge is 0.369 e. The van der Waals surface area contributed by atoms with Crippen LogP contribution >= 0.6 is 7.60 Å². The molecule has 24 heavy (non-hydrogen) atoms. The van der Waals surface area contributed by atoms with Crippen LogP contribution in [0.5, 0.6) is 0 Å². The summed E-state index contributed by atoms with van der Waals surface area (Å²) in [5.41, 5.74) is 1.77. The fourth-order valence-corrected chi connectivity index (χ4v) is 2.77. The number of nitrogens with zero attached hydrogens (tertiary/aromatic N) is 3. The molecule has 0 radical (unpaired) electrons. The minimum Gasteiger partial charge on any atom is -0.369 e. The zero-order valence-electron chi connectivity index (χ0n) is 11.8. The van der Waals surface area contributed by atoms with E-state index in [2.05, 4.69) is 15.0 Å². The van der Waals surface area contributed by atoms with Crippen molar-refractivity contribution in [1.29, 1.82) is 0 Å². The first-order valence-electron chi connectivity index (χ1n) is 6.53. The molecule has 0 bridgehead atoms. The van der Waals surface area contributed by atoms with Crippen molar-refractivity contribution in [2.24, 2.45) is 0 Å². The highest BCUT2D eigenvalue weighted by atomic mass is 31.2. The summed E-state index contributed by atoms with van der Waals surface area (Å²) in [5, 5.41) is 0. The molecule has 1 fully saturated rings. The van der Waals surface area contributed by atoms with Gasteiger partial charge in [-0.25, -0.2) is 13.8 Å². The Morgan fingerprint density at radius 3 is 2.96 bits per heavy atom. The van der Waals surface area contributed by atoms with Gasteiger partial charge in [-0.3, -0.25) is 18.9 Å². The van der Waals surface area contributed by atoms with Crippen molar-refractivity contribution in [2.75, 3.05) is 12.3 Å². The number of nitrogens with two attached hydrogens (primary N) is 1. The second-order valence-electron chi connectivity index (χ2n) is 5.21. The maximum Gasteiger partial charge on any atom is 0.348 e. The average molecular weight is 363 g/mol. The number of halogens is 2. The van der Waals surface area contributed by atoms with Crippen LogP contribution in [-0.2, 0) is 9.30 Å². The lowest BCUT2D eigenvalue weighted by atomic mass is 10.0. The Morgan fingerprint density at radius 2 is 2.29 bits per heavy atom. The summed E-state index contributed by atoms with van der Waals surface area (Å²) in [5.74, 6) is 0.0359. The predicted molar refractivity (Wildman–Crippen MR) is 77.5 cm³/mol. The predicted octanol–water partition coefficient (Wildman–Crippen LogP) is -0.0316. The number of H-pyrrole nitrogens is 1. The molecule has 130 valence electrons. The van der Waals surface area contributed by atoms with Gasteiger partial charge in [-0.2, -0.15) is 4.98 Å². The van der Waals surface area contributed by atoms with Gasteiger partial charge in [0.1, 0.15) is 0 Å². The smallest absolute Gasteiger partial charge is 0.348 e. The molecule has 3 rings (SSSR count). The molecule has 1 saturated heterocycles. The number of nitrogen functional groups attached to an aromatic ring is 1. The van der Waals surface area contributed by atoms with Crippen LogP contribution in [-0.4, -0.2) is 47.8 Å². The third kappa shape index (κ3) is 2.84. The minimum atomic E-state index is -4.66. The topological polar surface area (TPSA) is 156 Å². The van der Waals surface area contributed by atoms with E-state index in [1.165, 1.54) is 0 Å². The van der Waals surface area contributed by atoms with Crippen LogP contribution in [0.2, 0.25) is 0 Å². The molecule has 2 aromatic heterocycles. The molecule has 0 aliphatic carbocycles. The van der Waals surface area contributed by atoms with E-state index in [-0.39, 0.29) is 22.9 Å².